The first kappa shape index (κ1) is 21.1. The minimum atomic E-state index is -3.40. The Morgan fingerprint density at radius 3 is 2.36 bits per heavy atom. The van der Waals surface area contributed by atoms with E-state index in [9.17, 15) is 13.2 Å². The molecule has 6 heteroatoms. The van der Waals surface area contributed by atoms with Gasteiger partial charge in [0.15, 0.2) is 0 Å². The molecule has 2 aromatic carbocycles. The zero-order valence-corrected chi connectivity index (χ0v) is 19.1. The first-order valence-corrected chi connectivity index (χ1v) is 12.9. The van der Waals surface area contributed by atoms with Crippen LogP contribution in [0.25, 0.3) is 0 Å². The van der Waals surface area contributed by atoms with E-state index in [0.717, 1.165) is 12.0 Å². The number of sulfone groups is 1. The molecule has 1 atom stereocenters. The van der Waals surface area contributed by atoms with Gasteiger partial charge in [-0.25, -0.2) is 0 Å². The summed E-state index contributed by atoms with van der Waals surface area (Å²) in [4.78, 5) is 14.7. The van der Waals surface area contributed by atoms with Gasteiger partial charge in [-0.1, -0.05) is 0 Å². The summed E-state index contributed by atoms with van der Waals surface area (Å²) in [5, 5.41) is 0. The number of rotatable bonds is 7. The molecule has 0 N–H and O–H groups in total. The number of carbonyl (C=O) groups is 1. The molecule has 2 aromatic rings. The van der Waals surface area contributed by atoms with Crippen LogP contribution in [0.3, 0.4) is 0 Å². The van der Waals surface area contributed by atoms with Gasteiger partial charge in [0.05, 0.1) is 0 Å². The van der Waals surface area contributed by atoms with Crippen LogP contribution in [0.5, 0.6) is 0 Å². The molecule has 1 unspecified atom stereocenters. The van der Waals surface area contributed by atoms with E-state index in [2.05, 4.69) is 26.0 Å². The van der Waals surface area contributed by atoms with Gasteiger partial charge >= 0.3 is 175 Å². The van der Waals surface area contributed by atoms with Crippen LogP contribution in [0.15, 0.2) is 59.5 Å². The SMILES string of the molecule is Cc1ccc(S(=O)(=O)CCN2C(=O)CCC2C(C)(C)[Se]c2ccccc2)cc1. The molecule has 1 aliphatic rings. The van der Waals surface area contributed by atoms with E-state index in [1.807, 2.05) is 42.2 Å². The average Bonchev–Trinajstić information content (AvgIpc) is 3.02. The molecule has 28 heavy (non-hydrogen) atoms. The van der Waals surface area contributed by atoms with Crippen molar-refractivity contribution in [2.75, 3.05) is 12.3 Å². The van der Waals surface area contributed by atoms with Crippen molar-refractivity contribution in [3.8, 4) is 0 Å². The second kappa shape index (κ2) is 8.40. The maximum absolute atomic E-state index is 12.7. The maximum atomic E-state index is 12.7. The monoisotopic (exact) mass is 465 g/mol. The molecule has 3 rings (SSSR count). The number of aryl methyl sites for hydroxylation is 1. The number of nitrogens with zero attached hydrogens (tertiary/aromatic N) is 1. The van der Waals surface area contributed by atoms with Crippen molar-refractivity contribution in [1.82, 2.24) is 4.90 Å². The van der Waals surface area contributed by atoms with Gasteiger partial charge in [0.2, 0.25) is 0 Å². The number of amides is 1. The Morgan fingerprint density at radius 2 is 1.71 bits per heavy atom. The molecule has 0 saturated carbocycles. The van der Waals surface area contributed by atoms with Crippen molar-refractivity contribution in [2.45, 2.75) is 48.9 Å². The van der Waals surface area contributed by atoms with E-state index in [4.69, 9.17) is 0 Å². The third kappa shape index (κ3) is 4.86. The standard InChI is InChI=1S/C22H27NO3SSe/c1-17-9-11-18(12-10-17)27(25,26)16-15-23-20(13-14-21(23)24)22(2,3)28-19-7-5-4-6-8-19/h4-12,20H,13-16H2,1-3H3. The fraction of sp³-hybridized carbons (Fsp3) is 0.409. The summed E-state index contributed by atoms with van der Waals surface area (Å²) in [5.74, 6) is 0.0354. The normalized spacial score (nSPS) is 17.9. The fourth-order valence-corrected chi connectivity index (χ4v) is 7.59. The van der Waals surface area contributed by atoms with Crippen LogP contribution in [0.1, 0.15) is 32.3 Å². The summed E-state index contributed by atoms with van der Waals surface area (Å²) in [6, 6.07) is 17.3. The van der Waals surface area contributed by atoms with Gasteiger partial charge in [0.25, 0.3) is 0 Å². The average molecular weight is 464 g/mol. The van der Waals surface area contributed by atoms with Crippen LogP contribution in [0.4, 0.5) is 0 Å². The predicted octanol–water partition coefficient (Wildman–Crippen LogP) is 2.99. The molecule has 1 amide bonds. The fourth-order valence-electron chi connectivity index (χ4n) is 3.68. The Labute approximate surface area is 174 Å². The minimum absolute atomic E-state index is 0.0350. The van der Waals surface area contributed by atoms with E-state index < -0.39 is 9.84 Å². The van der Waals surface area contributed by atoms with E-state index in [-0.39, 0.29) is 43.5 Å². The third-order valence-electron chi connectivity index (χ3n) is 5.24. The zero-order chi connectivity index (χ0) is 20.4. The van der Waals surface area contributed by atoms with Gasteiger partial charge in [-0.05, 0) is 0 Å². The third-order valence-corrected chi connectivity index (χ3v) is 9.69. The van der Waals surface area contributed by atoms with Crippen LogP contribution in [0.2, 0.25) is 4.31 Å². The second-order valence-corrected chi connectivity index (χ2v) is 13.5. The summed E-state index contributed by atoms with van der Waals surface area (Å²) in [6.45, 7) is 6.59. The van der Waals surface area contributed by atoms with E-state index in [1.54, 1.807) is 12.1 Å². The first-order valence-electron chi connectivity index (χ1n) is 9.52. The summed E-state index contributed by atoms with van der Waals surface area (Å²) < 4.78 is 26.7. The van der Waals surface area contributed by atoms with Crippen molar-refractivity contribution >= 4 is 35.2 Å². The van der Waals surface area contributed by atoms with Crippen molar-refractivity contribution in [3.05, 3.63) is 60.2 Å². The van der Waals surface area contributed by atoms with Crippen molar-refractivity contribution < 1.29 is 13.2 Å². The Bertz CT molecular complexity index is 924. The molecule has 1 fully saturated rings. The summed E-state index contributed by atoms with van der Waals surface area (Å²) >= 11 is 0.192. The molecule has 4 nitrogen and oxygen atoms in total. The number of hydrogen-bond donors (Lipinski definition) is 0. The Kier molecular flexibility index (Phi) is 6.33. The molecule has 1 heterocycles. The molecule has 150 valence electrons. The second-order valence-electron chi connectivity index (χ2n) is 7.79. The Morgan fingerprint density at radius 1 is 1.07 bits per heavy atom. The molecule has 0 aliphatic carbocycles. The van der Waals surface area contributed by atoms with Crippen LogP contribution in [0, 0.1) is 6.92 Å². The van der Waals surface area contributed by atoms with Gasteiger partial charge in [-0.2, -0.15) is 0 Å². The molecule has 0 bridgehead atoms. The number of carbonyl (C=O) groups excluding carboxylic acids is 1. The quantitative estimate of drug-likeness (QED) is 0.592. The summed E-state index contributed by atoms with van der Waals surface area (Å²) in [6.07, 6.45) is 1.30. The van der Waals surface area contributed by atoms with Crippen LogP contribution in [-0.2, 0) is 14.6 Å². The van der Waals surface area contributed by atoms with Gasteiger partial charge in [0, 0.05) is 0 Å². The van der Waals surface area contributed by atoms with Gasteiger partial charge in [-0.3, -0.25) is 0 Å². The van der Waals surface area contributed by atoms with E-state index in [0.29, 0.717) is 11.3 Å². The van der Waals surface area contributed by atoms with Crippen molar-refractivity contribution in [3.63, 3.8) is 0 Å². The van der Waals surface area contributed by atoms with Crippen molar-refractivity contribution in [2.24, 2.45) is 0 Å². The Balaban J connectivity index is 1.72. The van der Waals surface area contributed by atoms with E-state index in [1.165, 1.54) is 4.46 Å². The molecular weight excluding hydrogens is 437 g/mol. The molecule has 1 saturated heterocycles. The molecular formula is C22H27NO3SSe. The topological polar surface area (TPSA) is 54.5 Å². The molecule has 1 aliphatic heterocycles. The van der Waals surface area contributed by atoms with Crippen LogP contribution < -0.4 is 4.46 Å². The predicted molar refractivity (Wildman–Crippen MR) is 114 cm³/mol. The van der Waals surface area contributed by atoms with Crippen molar-refractivity contribution in [1.29, 1.82) is 0 Å². The summed E-state index contributed by atoms with van der Waals surface area (Å²) in [7, 11) is -3.40. The summed E-state index contributed by atoms with van der Waals surface area (Å²) in [5.41, 5.74) is 1.03. The number of benzene rings is 2. The zero-order valence-electron chi connectivity index (χ0n) is 16.6. The number of hydrogen-bond acceptors (Lipinski definition) is 3. The molecule has 0 radical (unpaired) electrons. The van der Waals surface area contributed by atoms with Gasteiger partial charge < -0.3 is 0 Å². The molecule has 0 aromatic heterocycles. The van der Waals surface area contributed by atoms with E-state index >= 15 is 0 Å². The first-order chi connectivity index (χ1) is 13.2. The Hall–Kier alpha value is -1.62. The number of likely N-dealkylation sites (tertiary alicyclic amines) is 1. The van der Waals surface area contributed by atoms with Crippen LogP contribution >= 0.6 is 0 Å². The van der Waals surface area contributed by atoms with Gasteiger partial charge in [-0.15, -0.1) is 0 Å². The van der Waals surface area contributed by atoms with Crippen LogP contribution in [-0.4, -0.2) is 52.5 Å². The van der Waals surface area contributed by atoms with Gasteiger partial charge in [0.1, 0.15) is 0 Å². The molecule has 0 spiro atoms.